The van der Waals surface area contributed by atoms with Crippen LogP contribution in [0.2, 0.25) is 0 Å². The van der Waals surface area contributed by atoms with Crippen molar-refractivity contribution in [1.29, 1.82) is 5.26 Å². The number of rotatable bonds is 18. The lowest BCUT2D eigenvalue weighted by molar-refractivity contribution is -0.164. The van der Waals surface area contributed by atoms with Crippen LogP contribution in [0.15, 0.2) is 72.2 Å². The molecule has 0 unspecified atom stereocenters. The SMILES string of the molecule is CCC(C)(C)[C@H](NC(=O)CN1CCN(CC2(Cc3ccc(C(=O)N[C@H]4C(C)(C)[C@H](Oc5ccc(C#N)c(C(F)(F)F)c5)C4(C)C)cc3)COC2)CC1)C(=O)N1C[C@H](O)C[C@H]1C(=O)N[C@@H](C)c1ccc(-c2scnc2C)cc1. The lowest BCUT2D eigenvalue weighted by atomic mass is 9.49. The maximum Gasteiger partial charge on any atom is 0.417 e. The van der Waals surface area contributed by atoms with E-state index in [4.69, 9.17) is 9.47 Å². The molecule has 3 saturated heterocycles. The summed E-state index contributed by atoms with van der Waals surface area (Å²) >= 11 is 1.57. The summed E-state index contributed by atoms with van der Waals surface area (Å²) in [6, 6.07) is 17.9. The average molecular weight is 1080 g/mol. The molecule has 4 heterocycles. The molecule has 414 valence electrons. The van der Waals surface area contributed by atoms with Crippen molar-refractivity contribution in [3.05, 3.63) is 106 Å². The highest BCUT2D eigenvalue weighted by Gasteiger charge is 2.64. The van der Waals surface area contributed by atoms with Crippen LogP contribution in [-0.4, -0.2) is 138 Å². The number of aromatic nitrogens is 1. The van der Waals surface area contributed by atoms with Crippen LogP contribution < -0.4 is 20.7 Å². The van der Waals surface area contributed by atoms with E-state index in [0.717, 1.165) is 65.4 Å². The second-order valence-corrected chi connectivity index (χ2v) is 24.5. The van der Waals surface area contributed by atoms with Gasteiger partial charge >= 0.3 is 6.18 Å². The Labute approximate surface area is 453 Å². The number of nitrogens with zero attached hydrogens (tertiary/aromatic N) is 5. The van der Waals surface area contributed by atoms with Crippen LogP contribution in [0.25, 0.3) is 10.4 Å². The number of likely N-dealkylation sites (tertiary alicyclic amines) is 1. The summed E-state index contributed by atoms with van der Waals surface area (Å²) in [4.78, 5) is 67.2. The Morgan fingerprint density at radius 1 is 0.948 bits per heavy atom. The standard InChI is InChI=1S/C58H73F3N8O7S/c1-10-54(4,5)48(51(74)69-29-42(70)25-45(69)50(73)64-35(2)38-15-17-39(18-16-38)47-36(3)63-34-77-47)65-46(71)30-67-21-23-68(24-22-67)31-57(32-75-33-57)27-37-11-13-40(14-12-37)49(72)66-52-55(6,7)53(56(52,8)9)76-43-20-19-41(28-62)44(26-43)58(59,60)61/h11-20,26,34-35,42,45,48,52-53,70H,10,21-25,27,29-33H2,1-9H3,(H,64,73)(H,65,71)(H,66,72)/t35-,42+,45-,48+,52-,53-/m0/s1. The van der Waals surface area contributed by atoms with Gasteiger partial charge in [0.15, 0.2) is 0 Å². The number of amides is 4. The molecule has 15 nitrogen and oxygen atoms in total. The van der Waals surface area contributed by atoms with Gasteiger partial charge < -0.3 is 40.3 Å². The summed E-state index contributed by atoms with van der Waals surface area (Å²) in [5.41, 5.74) is 2.66. The van der Waals surface area contributed by atoms with Crippen LogP contribution in [0.1, 0.15) is 113 Å². The number of β-amino-alcohol motifs (C(OH)–C–C–N with tert-alkyl or cyclic N) is 1. The largest absolute Gasteiger partial charge is 0.489 e. The molecule has 3 aromatic carbocycles. The Bertz CT molecular complexity index is 2820. The fraction of sp³-hybridized carbons (Fsp3) is 0.552. The molecule has 0 radical (unpaired) electrons. The fourth-order valence-electron chi connectivity index (χ4n) is 12.1. The summed E-state index contributed by atoms with van der Waals surface area (Å²) in [7, 11) is 0. The zero-order chi connectivity index (χ0) is 55.8. The molecule has 4 atom stereocenters. The minimum absolute atomic E-state index is 0.00335. The molecule has 4 fully saturated rings. The maximum absolute atomic E-state index is 14.5. The first kappa shape index (κ1) is 57.3. The van der Waals surface area contributed by atoms with Gasteiger partial charge in [-0.1, -0.05) is 84.9 Å². The highest BCUT2D eigenvalue weighted by Crippen LogP contribution is 2.56. The minimum atomic E-state index is -4.72. The number of hydrogen-bond donors (Lipinski definition) is 4. The monoisotopic (exact) mass is 1080 g/mol. The van der Waals surface area contributed by atoms with E-state index >= 15 is 0 Å². The molecule has 1 aliphatic carbocycles. The first-order valence-electron chi connectivity index (χ1n) is 26.5. The first-order valence-corrected chi connectivity index (χ1v) is 27.4. The van der Waals surface area contributed by atoms with Gasteiger partial charge in [0.2, 0.25) is 17.7 Å². The molecule has 1 saturated carbocycles. The molecule has 3 aliphatic heterocycles. The van der Waals surface area contributed by atoms with Crippen molar-refractivity contribution in [3.8, 4) is 22.3 Å². The molecule has 1 aromatic heterocycles. The van der Waals surface area contributed by atoms with Gasteiger partial charge in [0.1, 0.15) is 23.9 Å². The van der Waals surface area contributed by atoms with Gasteiger partial charge in [-0.05, 0) is 79.1 Å². The molecule has 19 heteroatoms. The van der Waals surface area contributed by atoms with Crippen LogP contribution in [0, 0.1) is 39.9 Å². The number of nitriles is 1. The molecule has 4 amide bonds. The number of ether oxygens (including phenoxy) is 2. The Morgan fingerprint density at radius 3 is 2.17 bits per heavy atom. The topological polar surface area (TPSA) is 189 Å². The number of carbonyl (C=O) groups is 4. The van der Waals surface area contributed by atoms with Crippen molar-refractivity contribution in [2.45, 2.75) is 124 Å². The molecule has 0 bridgehead atoms. The Hall–Kier alpha value is -5.91. The number of aliphatic hydroxyl groups excluding tert-OH is 1. The molecule has 4 aromatic rings. The number of aryl methyl sites for hydroxylation is 1. The first-order chi connectivity index (χ1) is 36.2. The van der Waals surface area contributed by atoms with Crippen LogP contribution in [-0.2, 0) is 31.7 Å². The number of aliphatic hydroxyl groups is 1. The summed E-state index contributed by atoms with van der Waals surface area (Å²) in [6.07, 6.45) is -4.72. The summed E-state index contributed by atoms with van der Waals surface area (Å²) in [5.74, 6) is -1.30. The summed E-state index contributed by atoms with van der Waals surface area (Å²) < 4.78 is 53.0. The third-order valence-electron chi connectivity index (χ3n) is 16.7. The third-order valence-corrected chi connectivity index (χ3v) is 17.7. The number of halogens is 3. The van der Waals surface area contributed by atoms with Gasteiger partial charge in [0.25, 0.3) is 5.91 Å². The number of carbonyl (C=O) groups excluding carboxylic acids is 4. The number of thiazole rings is 1. The Balaban J connectivity index is 0.809. The number of alkyl halides is 3. The zero-order valence-corrected chi connectivity index (χ0v) is 46.4. The Kier molecular flexibility index (Phi) is 16.7. The van der Waals surface area contributed by atoms with E-state index in [2.05, 4.69) is 30.7 Å². The van der Waals surface area contributed by atoms with E-state index in [9.17, 15) is 42.7 Å². The van der Waals surface area contributed by atoms with Crippen LogP contribution in [0.3, 0.4) is 0 Å². The van der Waals surface area contributed by atoms with Gasteiger partial charge in [0.05, 0.1) is 65.2 Å². The fourth-order valence-corrected chi connectivity index (χ4v) is 12.9. The second kappa shape index (κ2) is 22.4. The smallest absolute Gasteiger partial charge is 0.417 e. The van der Waals surface area contributed by atoms with Gasteiger partial charge in [-0.3, -0.25) is 24.1 Å². The molecule has 4 aliphatic rings. The molecular weight excluding hydrogens is 1010 g/mol. The normalized spacial score (nSPS) is 22.9. The van der Waals surface area contributed by atoms with Gasteiger partial charge in [-0.25, -0.2) is 4.98 Å². The predicted octanol–water partition coefficient (Wildman–Crippen LogP) is 7.56. The lowest BCUT2D eigenvalue weighted by Crippen LogP contribution is -2.74. The second-order valence-electron chi connectivity index (χ2n) is 23.6. The number of hydrogen-bond acceptors (Lipinski definition) is 12. The number of benzene rings is 3. The quantitative estimate of drug-likeness (QED) is 0.0770. The van der Waals surface area contributed by atoms with Gasteiger partial charge in [-0.2, -0.15) is 18.4 Å². The van der Waals surface area contributed by atoms with Crippen LogP contribution in [0.5, 0.6) is 5.75 Å². The molecule has 77 heavy (non-hydrogen) atoms. The molecule has 8 rings (SSSR count). The van der Waals surface area contributed by atoms with Crippen molar-refractivity contribution < 1.29 is 46.9 Å². The lowest BCUT2D eigenvalue weighted by Gasteiger charge is -2.63. The van der Waals surface area contributed by atoms with Crippen LogP contribution in [0.4, 0.5) is 13.2 Å². The molecular formula is C58H73F3N8O7S. The van der Waals surface area contributed by atoms with Gasteiger partial charge in [0, 0.05) is 73.5 Å². The van der Waals surface area contributed by atoms with E-state index in [1.165, 1.54) is 11.0 Å². The zero-order valence-electron chi connectivity index (χ0n) is 45.6. The van der Waals surface area contributed by atoms with E-state index in [1.54, 1.807) is 29.5 Å². The highest BCUT2D eigenvalue weighted by atomic mass is 32.1. The van der Waals surface area contributed by atoms with Crippen molar-refractivity contribution >= 4 is 35.0 Å². The van der Waals surface area contributed by atoms with Crippen molar-refractivity contribution in [1.82, 2.24) is 35.6 Å². The van der Waals surface area contributed by atoms with Crippen LogP contribution >= 0.6 is 11.3 Å². The maximum atomic E-state index is 14.5. The van der Waals surface area contributed by atoms with E-state index in [0.29, 0.717) is 38.3 Å². The van der Waals surface area contributed by atoms with E-state index in [-0.39, 0.29) is 60.5 Å². The molecule has 4 N–H and O–H groups in total. The predicted molar refractivity (Wildman–Crippen MR) is 287 cm³/mol. The van der Waals surface area contributed by atoms with Crippen molar-refractivity contribution in [2.75, 3.05) is 59.0 Å². The average Bonchev–Trinajstić information content (AvgIpc) is 4.04. The highest BCUT2D eigenvalue weighted by molar-refractivity contribution is 7.13. The minimum Gasteiger partial charge on any atom is -0.489 e. The number of piperazine rings is 1. The van der Waals surface area contributed by atoms with E-state index < -0.39 is 63.7 Å². The molecule has 0 spiro atoms. The summed E-state index contributed by atoms with van der Waals surface area (Å²) in [6.45, 7) is 22.1. The van der Waals surface area contributed by atoms with E-state index in [1.807, 2.05) is 104 Å². The van der Waals surface area contributed by atoms with Crippen molar-refractivity contribution in [3.63, 3.8) is 0 Å². The summed E-state index contributed by atoms with van der Waals surface area (Å²) in [5, 5.41) is 29.3. The van der Waals surface area contributed by atoms with Gasteiger partial charge in [-0.15, -0.1) is 11.3 Å². The van der Waals surface area contributed by atoms with Crippen molar-refractivity contribution in [2.24, 2.45) is 21.7 Å². The Morgan fingerprint density at radius 2 is 1.60 bits per heavy atom. The number of nitrogens with one attached hydrogen (secondary N) is 3. The third kappa shape index (κ3) is 12.4.